The minimum atomic E-state index is -4.33. The van der Waals surface area contributed by atoms with Crippen molar-refractivity contribution in [3.8, 4) is 0 Å². The van der Waals surface area contributed by atoms with Crippen molar-refractivity contribution in [1.82, 2.24) is 5.32 Å². The van der Waals surface area contributed by atoms with Crippen molar-refractivity contribution in [2.45, 2.75) is 31.7 Å². The van der Waals surface area contributed by atoms with Crippen LogP contribution in [-0.4, -0.2) is 19.2 Å². The van der Waals surface area contributed by atoms with Crippen LogP contribution in [-0.2, 0) is 10.9 Å². The number of morpholine rings is 1. The van der Waals surface area contributed by atoms with Crippen LogP contribution in [0, 0.1) is 0 Å². The lowest BCUT2D eigenvalue weighted by Crippen LogP contribution is -2.40. The van der Waals surface area contributed by atoms with Crippen molar-refractivity contribution >= 4 is 0 Å². The summed E-state index contributed by atoms with van der Waals surface area (Å²) in [5.74, 6) is 0. The molecule has 1 aliphatic rings. The van der Waals surface area contributed by atoms with Gasteiger partial charge in [0.2, 0.25) is 0 Å². The molecular formula is C13H16F3NO. The van der Waals surface area contributed by atoms with E-state index in [1.165, 1.54) is 12.1 Å². The van der Waals surface area contributed by atoms with Crippen molar-refractivity contribution in [2.75, 3.05) is 13.1 Å². The van der Waals surface area contributed by atoms with Crippen molar-refractivity contribution in [3.63, 3.8) is 0 Å². The topological polar surface area (TPSA) is 21.3 Å². The molecule has 18 heavy (non-hydrogen) atoms. The van der Waals surface area contributed by atoms with E-state index in [4.69, 9.17) is 4.74 Å². The van der Waals surface area contributed by atoms with Crippen LogP contribution in [0.25, 0.3) is 0 Å². The zero-order chi connectivity index (χ0) is 13.2. The lowest BCUT2D eigenvalue weighted by atomic mass is 10.0. The Labute approximate surface area is 104 Å². The highest BCUT2D eigenvalue weighted by atomic mass is 19.4. The number of hydrogen-bond acceptors (Lipinski definition) is 2. The molecular weight excluding hydrogens is 243 g/mol. The van der Waals surface area contributed by atoms with Gasteiger partial charge < -0.3 is 10.1 Å². The molecule has 1 heterocycles. The van der Waals surface area contributed by atoms with Gasteiger partial charge in [-0.1, -0.05) is 25.1 Å². The molecule has 2 unspecified atom stereocenters. The average molecular weight is 259 g/mol. The number of benzene rings is 1. The van der Waals surface area contributed by atoms with E-state index >= 15 is 0 Å². The second kappa shape index (κ2) is 5.28. The lowest BCUT2D eigenvalue weighted by molar-refractivity contribution is -0.140. The minimum absolute atomic E-state index is 0.0231. The van der Waals surface area contributed by atoms with Crippen LogP contribution >= 0.6 is 0 Å². The Morgan fingerprint density at radius 3 is 2.67 bits per heavy atom. The van der Waals surface area contributed by atoms with E-state index in [0.29, 0.717) is 13.1 Å². The number of hydrogen-bond donors (Lipinski definition) is 1. The maximum atomic E-state index is 12.9. The standard InChI is InChI=1S/C13H16F3NO/c1-2-9-7-17-8-12(18-9)10-5-3-4-6-11(10)13(14,15)16/h3-6,9,12,17H,2,7-8H2,1H3. The zero-order valence-corrected chi connectivity index (χ0v) is 10.1. The molecule has 1 aromatic rings. The third kappa shape index (κ3) is 2.84. The summed E-state index contributed by atoms with van der Waals surface area (Å²) in [5, 5.41) is 3.12. The van der Waals surface area contributed by atoms with Crippen LogP contribution in [0.3, 0.4) is 0 Å². The van der Waals surface area contributed by atoms with Gasteiger partial charge in [0.05, 0.1) is 17.8 Å². The van der Waals surface area contributed by atoms with Gasteiger partial charge >= 0.3 is 6.18 Å². The van der Waals surface area contributed by atoms with E-state index in [1.54, 1.807) is 6.07 Å². The van der Waals surface area contributed by atoms with Gasteiger partial charge in [-0.05, 0) is 18.1 Å². The van der Waals surface area contributed by atoms with Gasteiger partial charge in [-0.15, -0.1) is 0 Å². The van der Waals surface area contributed by atoms with Gasteiger partial charge in [0.15, 0.2) is 0 Å². The van der Waals surface area contributed by atoms with Crippen LogP contribution in [0.1, 0.15) is 30.6 Å². The highest BCUT2D eigenvalue weighted by Crippen LogP contribution is 2.36. The first kappa shape index (κ1) is 13.4. The summed E-state index contributed by atoms with van der Waals surface area (Å²) in [5.41, 5.74) is -0.385. The maximum absolute atomic E-state index is 12.9. The summed E-state index contributed by atoms with van der Waals surface area (Å²) in [6.45, 7) is 3.08. The normalized spacial score (nSPS) is 25.1. The van der Waals surface area contributed by atoms with E-state index in [1.807, 2.05) is 6.92 Å². The third-order valence-electron chi connectivity index (χ3n) is 3.13. The first-order valence-electron chi connectivity index (χ1n) is 6.04. The molecule has 0 spiro atoms. The Morgan fingerprint density at radius 1 is 1.28 bits per heavy atom. The van der Waals surface area contributed by atoms with Crippen LogP contribution in [0.15, 0.2) is 24.3 Å². The Morgan fingerprint density at radius 2 is 2.00 bits per heavy atom. The molecule has 1 saturated heterocycles. The molecule has 0 aromatic heterocycles. The summed E-state index contributed by atoms with van der Waals surface area (Å²) in [6, 6.07) is 5.62. The Balaban J connectivity index is 2.27. The molecule has 5 heteroatoms. The summed E-state index contributed by atoms with van der Waals surface area (Å²) in [6.07, 6.45) is -4.09. The highest BCUT2D eigenvalue weighted by molar-refractivity contribution is 5.32. The zero-order valence-electron chi connectivity index (χ0n) is 10.1. The van der Waals surface area contributed by atoms with Crippen molar-refractivity contribution in [2.24, 2.45) is 0 Å². The molecule has 0 bridgehead atoms. The predicted molar refractivity (Wildman–Crippen MR) is 62.2 cm³/mol. The average Bonchev–Trinajstić information content (AvgIpc) is 2.38. The molecule has 2 rings (SSSR count). The molecule has 0 radical (unpaired) electrons. The molecule has 0 amide bonds. The number of ether oxygens (including phenoxy) is 1. The van der Waals surface area contributed by atoms with Gasteiger partial charge in [0.1, 0.15) is 0 Å². The quantitative estimate of drug-likeness (QED) is 0.881. The second-order valence-electron chi connectivity index (χ2n) is 4.40. The smallest absolute Gasteiger partial charge is 0.368 e. The predicted octanol–water partition coefficient (Wildman–Crippen LogP) is 3.14. The van der Waals surface area contributed by atoms with E-state index in [0.717, 1.165) is 12.5 Å². The molecule has 2 nitrogen and oxygen atoms in total. The summed E-state index contributed by atoms with van der Waals surface area (Å²) < 4.78 is 44.4. The fourth-order valence-corrected chi connectivity index (χ4v) is 2.16. The summed E-state index contributed by atoms with van der Waals surface area (Å²) in [4.78, 5) is 0. The molecule has 1 N–H and O–H groups in total. The number of nitrogens with one attached hydrogen (secondary N) is 1. The van der Waals surface area contributed by atoms with Gasteiger partial charge in [0, 0.05) is 13.1 Å². The van der Waals surface area contributed by atoms with Gasteiger partial charge in [-0.25, -0.2) is 0 Å². The Bertz CT molecular complexity index is 405. The highest BCUT2D eigenvalue weighted by Gasteiger charge is 2.36. The largest absolute Gasteiger partial charge is 0.416 e. The Kier molecular flexibility index (Phi) is 3.92. The van der Waals surface area contributed by atoms with Crippen molar-refractivity contribution in [3.05, 3.63) is 35.4 Å². The van der Waals surface area contributed by atoms with Crippen molar-refractivity contribution < 1.29 is 17.9 Å². The molecule has 1 aliphatic heterocycles. The van der Waals surface area contributed by atoms with Crippen molar-refractivity contribution in [1.29, 1.82) is 0 Å². The van der Waals surface area contributed by atoms with Crippen LogP contribution in [0.2, 0.25) is 0 Å². The molecule has 2 atom stereocenters. The number of alkyl halides is 3. The second-order valence-corrected chi connectivity index (χ2v) is 4.40. The fraction of sp³-hybridized carbons (Fsp3) is 0.538. The SMILES string of the molecule is CCC1CNCC(c2ccccc2C(F)(F)F)O1. The first-order valence-corrected chi connectivity index (χ1v) is 6.04. The lowest BCUT2D eigenvalue weighted by Gasteiger charge is -2.32. The van der Waals surface area contributed by atoms with Crippen LogP contribution < -0.4 is 5.32 Å². The van der Waals surface area contributed by atoms with Crippen LogP contribution in [0.4, 0.5) is 13.2 Å². The summed E-state index contributed by atoms with van der Waals surface area (Å²) >= 11 is 0. The molecule has 0 saturated carbocycles. The van der Waals surface area contributed by atoms with Gasteiger partial charge in [0.25, 0.3) is 0 Å². The minimum Gasteiger partial charge on any atom is -0.368 e. The number of halogens is 3. The van der Waals surface area contributed by atoms with E-state index < -0.39 is 17.8 Å². The molecule has 1 aromatic carbocycles. The van der Waals surface area contributed by atoms with Gasteiger partial charge in [-0.2, -0.15) is 13.2 Å². The monoisotopic (exact) mass is 259 g/mol. The van der Waals surface area contributed by atoms with E-state index in [9.17, 15) is 13.2 Å². The van der Waals surface area contributed by atoms with E-state index in [-0.39, 0.29) is 11.7 Å². The molecule has 100 valence electrons. The summed E-state index contributed by atoms with van der Waals surface area (Å²) in [7, 11) is 0. The molecule has 1 fully saturated rings. The first-order chi connectivity index (χ1) is 8.52. The van der Waals surface area contributed by atoms with E-state index in [2.05, 4.69) is 5.32 Å². The third-order valence-corrected chi connectivity index (χ3v) is 3.13. The number of rotatable bonds is 2. The Hall–Kier alpha value is -1.07. The maximum Gasteiger partial charge on any atom is 0.416 e. The van der Waals surface area contributed by atoms with Crippen LogP contribution in [0.5, 0.6) is 0 Å². The fourth-order valence-electron chi connectivity index (χ4n) is 2.16. The van der Waals surface area contributed by atoms with Gasteiger partial charge in [-0.3, -0.25) is 0 Å². The molecule has 0 aliphatic carbocycles.